The molecule has 1 aromatic heterocycles. The van der Waals surface area contributed by atoms with E-state index in [1.54, 1.807) is 22.2 Å². The summed E-state index contributed by atoms with van der Waals surface area (Å²) in [4.78, 5) is 22.1. The van der Waals surface area contributed by atoms with Gasteiger partial charge in [0.25, 0.3) is 0 Å². The number of carbonyl (C=O) groups is 1. The van der Waals surface area contributed by atoms with Crippen LogP contribution in [0.25, 0.3) is 0 Å². The van der Waals surface area contributed by atoms with Crippen LogP contribution >= 0.6 is 27.3 Å². The highest BCUT2D eigenvalue weighted by molar-refractivity contribution is 9.10. The second kappa shape index (κ2) is 4.85. The number of rotatable bonds is 3. The molecular formula is C11H8BrNO3S. The number of carboxylic acids is 1. The molecule has 2 rings (SSSR count). The zero-order chi connectivity index (χ0) is 12.4. The first-order valence-corrected chi connectivity index (χ1v) is 6.41. The van der Waals surface area contributed by atoms with E-state index >= 15 is 0 Å². The number of aromatic carboxylic acids is 1. The molecule has 0 unspecified atom stereocenters. The Morgan fingerprint density at radius 2 is 2.24 bits per heavy atom. The Hall–Kier alpha value is -1.40. The average Bonchev–Trinajstić information content (AvgIpc) is 2.67. The first-order valence-electron chi connectivity index (χ1n) is 4.73. The van der Waals surface area contributed by atoms with Crippen LogP contribution in [0.3, 0.4) is 0 Å². The smallest absolute Gasteiger partial charge is 0.335 e. The summed E-state index contributed by atoms with van der Waals surface area (Å²) >= 11 is 4.45. The normalized spacial score (nSPS) is 10.4. The molecule has 0 spiro atoms. The molecule has 0 atom stereocenters. The maximum Gasteiger partial charge on any atom is 0.335 e. The Bertz CT molecular complexity index is 617. The van der Waals surface area contributed by atoms with Gasteiger partial charge in [-0.2, -0.15) is 0 Å². The van der Waals surface area contributed by atoms with Crippen molar-refractivity contribution < 1.29 is 9.90 Å². The largest absolute Gasteiger partial charge is 0.478 e. The van der Waals surface area contributed by atoms with E-state index in [0.717, 1.165) is 16.9 Å². The number of thiazole rings is 1. The number of nitrogens with zero attached hydrogens (tertiary/aromatic N) is 1. The predicted octanol–water partition coefficient (Wildman–Crippen LogP) is 2.42. The fraction of sp³-hybridized carbons (Fsp3) is 0.0909. The van der Waals surface area contributed by atoms with Gasteiger partial charge in [-0.3, -0.25) is 4.79 Å². The van der Waals surface area contributed by atoms with Gasteiger partial charge in [0, 0.05) is 16.0 Å². The summed E-state index contributed by atoms with van der Waals surface area (Å²) in [6.45, 7) is 0.433. The van der Waals surface area contributed by atoms with Crippen LogP contribution in [-0.4, -0.2) is 15.6 Å². The molecular weight excluding hydrogens is 306 g/mol. The van der Waals surface area contributed by atoms with E-state index in [1.165, 1.54) is 12.1 Å². The van der Waals surface area contributed by atoms with Gasteiger partial charge in [0.05, 0.1) is 12.1 Å². The minimum Gasteiger partial charge on any atom is -0.478 e. The molecule has 88 valence electrons. The van der Waals surface area contributed by atoms with E-state index in [0.29, 0.717) is 11.0 Å². The van der Waals surface area contributed by atoms with E-state index in [1.807, 2.05) is 0 Å². The van der Waals surface area contributed by atoms with Gasteiger partial charge in [-0.25, -0.2) is 4.79 Å². The molecule has 1 N–H and O–H groups in total. The lowest BCUT2D eigenvalue weighted by atomic mass is 10.1. The van der Waals surface area contributed by atoms with Crippen molar-refractivity contribution in [2.24, 2.45) is 0 Å². The van der Waals surface area contributed by atoms with Gasteiger partial charge in [0.15, 0.2) is 0 Å². The van der Waals surface area contributed by atoms with Crippen LogP contribution in [0, 0.1) is 0 Å². The minimum atomic E-state index is -0.968. The number of benzene rings is 1. The molecule has 6 heteroatoms. The van der Waals surface area contributed by atoms with Gasteiger partial charge >= 0.3 is 10.8 Å². The summed E-state index contributed by atoms with van der Waals surface area (Å²) < 4.78 is 2.26. The molecule has 0 aliphatic carbocycles. The Morgan fingerprint density at radius 3 is 2.76 bits per heavy atom. The standard InChI is InChI=1S/C11H8BrNO3S/c12-9-5-7(10(14)15)1-2-8(9)6-13-3-4-17-11(13)16/h1-5H,6H2,(H,14,15). The van der Waals surface area contributed by atoms with Crippen molar-refractivity contribution in [2.75, 3.05) is 0 Å². The SMILES string of the molecule is O=C(O)c1ccc(Cn2ccsc2=O)c(Br)c1. The van der Waals surface area contributed by atoms with Crippen molar-refractivity contribution >= 4 is 33.2 Å². The first kappa shape index (κ1) is 12.1. The van der Waals surface area contributed by atoms with E-state index < -0.39 is 5.97 Å². The maximum absolute atomic E-state index is 11.4. The summed E-state index contributed by atoms with van der Waals surface area (Å²) in [5, 5.41) is 10.6. The van der Waals surface area contributed by atoms with Crippen molar-refractivity contribution in [3.05, 3.63) is 55.0 Å². The number of carboxylic acid groups (broad SMARTS) is 1. The zero-order valence-corrected chi connectivity index (χ0v) is 11.0. The third-order valence-electron chi connectivity index (χ3n) is 2.28. The van der Waals surface area contributed by atoms with E-state index in [9.17, 15) is 9.59 Å². The van der Waals surface area contributed by atoms with Gasteiger partial charge in [-0.05, 0) is 17.7 Å². The van der Waals surface area contributed by atoms with Gasteiger partial charge in [-0.15, -0.1) is 0 Å². The molecule has 0 bridgehead atoms. The summed E-state index contributed by atoms with van der Waals surface area (Å²) in [5.74, 6) is -0.968. The Balaban J connectivity index is 2.32. The summed E-state index contributed by atoms with van der Waals surface area (Å²) in [7, 11) is 0. The lowest BCUT2D eigenvalue weighted by Gasteiger charge is -2.05. The number of hydrogen-bond acceptors (Lipinski definition) is 3. The lowest BCUT2D eigenvalue weighted by Crippen LogP contribution is -2.13. The Morgan fingerprint density at radius 1 is 1.47 bits per heavy atom. The number of hydrogen-bond donors (Lipinski definition) is 1. The third-order valence-corrected chi connectivity index (χ3v) is 3.72. The van der Waals surface area contributed by atoms with Crippen LogP contribution in [0.2, 0.25) is 0 Å². The zero-order valence-electron chi connectivity index (χ0n) is 8.59. The molecule has 0 aliphatic heterocycles. The highest BCUT2D eigenvalue weighted by Crippen LogP contribution is 2.19. The average molecular weight is 314 g/mol. The quantitative estimate of drug-likeness (QED) is 0.946. The molecule has 1 heterocycles. The Labute approximate surface area is 109 Å². The van der Waals surface area contributed by atoms with Crippen LogP contribution < -0.4 is 4.87 Å². The minimum absolute atomic E-state index is 0.0285. The highest BCUT2D eigenvalue weighted by atomic mass is 79.9. The first-order chi connectivity index (χ1) is 8.08. The van der Waals surface area contributed by atoms with Crippen LogP contribution in [0.1, 0.15) is 15.9 Å². The third kappa shape index (κ3) is 2.65. The molecule has 17 heavy (non-hydrogen) atoms. The molecule has 0 saturated carbocycles. The summed E-state index contributed by atoms with van der Waals surface area (Å²) in [6, 6.07) is 4.77. The molecule has 0 saturated heterocycles. The molecule has 0 radical (unpaired) electrons. The molecule has 0 fully saturated rings. The van der Waals surface area contributed by atoms with Crippen molar-refractivity contribution in [3.8, 4) is 0 Å². The lowest BCUT2D eigenvalue weighted by molar-refractivity contribution is 0.0697. The summed E-state index contributed by atoms with van der Waals surface area (Å²) in [6.07, 6.45) is 1.71. The summed E-state index contributed by atoms with van der Waals surface area (Å²) in [5.41, 5.74) is 1.09. The molecule has 0 aliphatic rings. The Kier molecular flexibility index (Phi) is 3.44. The fourth-order valence-corrected chi connectivity index (χ4v) is 2.49. The molecule has 2 aromatic rings. The van der Waals surface area contributed by atoms with Crippen LogP contribution in [0.4, 0.5) is 0 Å². The van der Waals surface area contributed by atoms with Crippen LogP contribution in [0.5, 0.6) is 0 Å². The van der Waals surface area contributed by atoms with Crippen molar-refractivity contribution in [3.63, 3.8) is 0 Å². The predicted molar refractivity (Wildman–Crippen MR) is 68.8 cm³/mol. The van der Waals surface area contributed by atoms with Gasteiger partial charge in [-0.1, -0.05) is 33.3 Å². The number of aromatic nitrogens is 1. The van der Waals surface area contributed by atoms with Gasteiger partial charge < -0.3 is 9.67 Å². The van der Waals surface area contributed by atoms with Crippen molar-refractivity contribution in [1.29, 1.82) is 0 Å². The van der Waals surface area contributed by atoms with E-state index in [-0.39, 0.29) is 10.4 Å². The molecule has 0 amide bonds. The van der Waals surface area contributed by atoms with E-state index in [4.69, 9.17) is 5.11 Å². The van der Waals surface area contributed by atoms with Crippen LogP contribution in [0.15, 0.2) is 39.0 Å². The number of halogens is 1. The van der Waals surface area contributed by atoms with Gasteiger partial charge in [0.1, 0.15) is 0 Å². The maximum atomic E-state index is 11.4. The van der Waals surface area contributed by atoms with E-state index in [2.05, 4.69) is 15.9 Å². The molecule has 1 aromatic carbocycles. The fourth-order valence-electron chi connectivity index (χ4n) is 1.40. The highest BCUT2D eigenvalue weighted by Gasteiger charge is 2.07. The van der Waals surface area contributed by atoms with Crippen molar-refractivity contribution in [1.82, 2.24) is 4.57 Å². The second-order valence-electron chi connectivity index (χ2n) is 3.41. The monoisotopic (exact) mass is 313 g/mol. The van der Waals surface area contributed by atoms with Crippen LogP contribution in [-0.2, 0) is 6.54 Å². The van der Waals surface area contributed by atoms with Crippen molar-refractivity contribution in [2.45, 2.75) is 6.54 Å². The van der Waals surface area contributed by atoms with Gasteiger partial charge in [0.2, 0.25) is 0 Å². The molecule has 4 nitrogen and oxygen atoms in total. The topological polar surface area (TPSA) is 59.3 Å². The second-order valence-corrected chi connectivity index (χ2v) is 5.12.